The van der Waals surface area contributed by atoms with E-state index in [0.29, 0.717) is 5.41 Å². The Bertz CT molecular complexity index is 240. The molecule has 0 bridgehead atoms. The Hall–Kier alpha value is -0.0400. The number of nitrogens with zero attached hydrogens (tertiary/aromatic N) is 1. The fourth-order valence-corrected chi connectivity index (χ4v) is 3.95. The van der Waals surface area contributed by atoms with Crippen LogP contribution in [0.25, 0.3) is 0 Å². The Kier molecular flexibility index (Phi) is 1.81. The summed E-state index contributed by atoms with van der Waals surface area (Å²) in [5, 5.41) is 0. The summed E-state index contributed by atoms with van der Waals surface area (Å²) >= 11 is 0. The number of hydrogen-bond donors (Lipinski definition) is 0. The number of rotatable bonds is 1. The second-order valence-electron chi connectivity index (χ2n) is 6.84. The fourth-order valence-electron chi connectivity index (χ4n) is 3.95. The van der Waals surface area contributed by atoms with Gasteiger partial charge in [-0.15, -0.1) is 0 Å². The van der Waals surface area contributed by atoms with E-state index >= 15 is 0 Å². The third-order valence-electron chi connectivity index (χ3n) is 4.47. The summed E-state index contributed by atoms with van der Waals surface area (Å²) in [7, 11) is 0. The maximum absolute atomic E-state index is 2.85. The van der Waals surface area contributed by atoms with Gasteiger partial charge in [0.05, 0.1) is 0 Å². The first-order valence-corrected chi connectivity index (χ1v) is 6.32. The lowest BCUT2D eigenvalue weighted by atomic mass is 9.86. The molecule has 1 nitrogen and oxygen atoms in total. The summed E-state index contributed by atoms with van der Waals surface area (Å²) in [6, 6.07) is 1.96. The first kappa shape index (κ1) is 9.21. The van der Waals surface area contributed by atoms with Gasteiger partial charge in [-0.1, -0.05) is 20.8 Å². The molecule has 0 radical (unpaired) electrons. The molecule has 2 saturated heterocycles. The predicted octanol–water partition coefficient (Wildman–Crippen LogP) is 2.91. The smallest absolute Gasteiger partial charge is 0.0135 e. The SMILES string of the molecule is CC(C)(C)CC1C2CC2C2CCCN21. The van der Waals surface area contributed by atoms with Gasteiger partial charge in [-0.25, -0.2) is 0 Å². The number of fused-ring (bicyclic) bond motifs is 3. The summed E-state index contributed by atoms with van der Waals surface area (Å²) in [5.74, 6) is 2.21. The van der Waals surface area contributed by atoms with Crippen molar-refractivity contribution in [3.8, 4) is 0 Å². The molecule has 0 amide bonds. The topological polar surface area (TPSA) is 3.24 Å². The highest BCUT2D eigenvalue weighted by molar-refractivity contribution is 5.12. The second-order valence-corrected chi connectivity index (χ2v) is 6.84. The molecule has 0 N–H and O–H groups in total. The Morgan fingerprint density at radius 3 is 2.71 bits per heavy atom. The number of piperidine rings is 1. The van der Waals surface area contributed by atoms with Crippen LogP contribution in [0.2, 0.25) is 0 Å². The average molecular weight is 193 g/mol. The molecule has 0 aromatic carbocycles. The molecule has 0 aromatic heterocycles. The molecule has 14 heavy (non-hydrogen) atoms. The van der Waals surface area contributed by atoms with Gasteiger partial charge in [-0.3, -0.25) is 4.90 Å². The van der Waals surface area contributed by atoms with Gasteiger partial charge >= 0.3 is 0 Å². The van der Waals surface area contributed by atoms with Crippen LogP contribution in [0.3, 0.4) is 0 Å². The maximum Gasteiger partial charge on any atom is 0.0135 e. The lowest BCUT2D eigenvalue weighted by molar-refractivity contribution is 0.157. The minimum Gasteiger partial charge on any atom is -0.297 e. The van der Waals surface area contributed by atoms with Crippen LogP contribution in [0, 0.1) is 17.3 Å². The van der Waals surface area contributed by atoms with Gasteiger partial charge in [0.15, 0.2) is 0 Å². The first-order valence-electron chi connectivity index (χ1n) is 6.32. The standard InChI is InChI=1S/C13H23N/c1-13(2,3)8-12-10-7-9(10)11-5-4-6-14(11)12/h9-12H,4-8H2,1-3H3. The normalized spacial score (nSPS) is 46.5. The number of hydrogen-bond acceptors (Lipinski definition) is 1. The van der Waals surface area contributed by atoms with Crippen LogP contribution in [0.4, 0.5) is 0 Å². The quantitative estimate of drug-likeness (QED) is 0.619. The van der Waals surface area contributed by atoms with Gasteiger partial charge in [0.1, 0.15) is 0 Å². The van der Waals surface area contributed by atoms with E-state index in [2.05, 4.69) is 25.7 Å². The summed E-state index contributed by atoms with van der Waals surface area (Å²) in [5.41, 5.74) is 0.523. The van der Waals surface area contributed by atoms with Crippen molar-refractivity contribution >= 4 is 0 Å². The lowest BCUT2D eigenvalue weighted by Gasteiger charge is -2.32. The molecule has 1 aliphatic carbocycles. The highest BCUT2D eigenvalue weighted by Gasteiger charge is 2.59. The minimum atomic E-state index is 0.523. The van der Waals surface area contributed by atoms with Crippen molar-refractivity contribution in [2.24, 2.45) is 17.3 Å². The average Bonchev–Trinajstić information content (AvgIpc) is 2.58. The Balaban J connectivity index is 1.74. The van der Waals surface area contributed by atoms with Crippen molar-refractivity contribution in [1.29, 1.82) is 0 Å². The maximum atomic E-state index is 2.85. The molecule has 3 fully saturated rings. The molecule has 3 aliphatic rings. The van der Waals surface area contributed by atoms with E-state index in [0.717, 1.165) is 23.9 Å². The molecule has 2 aliphatic heterocycles. The molecule has 4 atom stereocenters. The third kappa shape index (κ3) is 1.32. The van der Waals surface area contributed by atoms with Crippen LogP contribution in [0.15, 0.2) is 0 Å². The molecule has 80 valence electrons. The monoisotopic (exact) mass is 193 g/mol. The van der Waals surface area contributed by atoms with Gasteiger partial charge in [0.2, 0.25) is 0 Å². The van der Waals surface area contributed by atoms with Gasteiger partial charge < -0.3 is 0 Å². The van der Waals surface area contributed by atoms with E-state index in [9.17, 15) is 0 Å². The van der Waals surface area contributed by atoms with Crippen LogP contribution in [-0.4, -0.2) is 23.5 Å². The van der Waals surface area contributed by atoms with E-state index in [-0.39, 0.29) is 0 Å². The molecule has 1 heteroatoms. The molecular formula is C13H23N. The molecular weight excluding hydrogens is 170 g/mol. The van der Waals surface area contributed by atoms with Crippen molar-refractivity contribution in [2.45, 2.75) is 58.5 Å². The molecule has 0 spiro atoms. The molecule has 2 heterocycles. The molecule has 4 unspecified atom stereocenters. The summed E-state index contributed by atoms with van der Waals surface area (Å²) in [6.45, 7) is 8.59. The van der Waals surface area contributed by atoms with Crippen molar-refractivity contribution < 1.29 is 0 Å². The van der Waals surface area contributed by atoms with Crippen LogP contribution >= 0.6 is 0 Å². The Labute approximate surface area is 87.9 Å². The minimum absolute atomic E-state index is 0.523. The lowest BCUT2D eigenvalue weighted by Crippen LogP contribution is -2.37. The zero-order chi connectivity index (χ0) is 9.92. The van der Waals surface area contributed by atoms with Crippen LogP contribution in [0.5, 0.6) is 0 Å². The summed E-state index contributed by atoms with van der Waals surface area (Å²) in [6.07, 6.45) is 5.95. The van der Waals surface area contributed by atoms with E-state index < -0.39 is 0 Å². The van der Waals surface area contributed by atoms with Crippen LogP contribution in [0.1, 0.15) is 46.5 Å². The molecule has 0 aromatic rings. The zero-order valence-electron chi connectivity index (χ0n) is 9.79. The zero-order valence-corrected chi connectivity index (χ0v) is 9.79. The van der Waals surface area contributed by atoms with E-state index in [4.69, 9.17) is 0 Å². The van der Waals surface area contributed by atoms with Crippen molar-refractivity contribution in [2.75, 3.05) is 6.54 Å². The first-order chi connectivity index (χ1) is 6.56. The third-order valence-corrected chi connectivity index (χ3v) is 4.47. The summed E-state index contributed by atoms with van der Waals surface area (Å²) < 4.78 is 0. The van der Waals surface area contributed by atoms with Crippen LogP contribution in [-0.2, 0) is 0 Å². The van der Waals surface area contributed by atoms with Crippen molar-refractivity contribution in [1.82, 2.24) is 4.90 Å². The molecule has 1 saturated carbocycles. The van der Waals surface area contributed by atoms with E-state index in [1.807, 2.05) is 0 Å². The highest BCUT2D eigenvalue weighted by Crippen LogP contribution is 2.58. The largest absolute Gasteiger partial charge is 0.297 e. The molecule has 3 rings (SSSR count). The Morgan fingerprint density at radius 1 is 1.21 bits per heavy atom. The van der Waals surface area contributed by atoms with E-state index in [1.54, 1.807) is 6.42 Å². The van der Waals surface area contributed by atoms with E-state index in [1.165, 1.54) is 25.8 Å². The van der Waals surface area contributed by atoms with Crippen molar-refractivity contribution in [3.05, 3.63) is 0 Å². The van der Waals surface area contributed by atoms with Crippen LogP contribution < -0.4 is 0 Å². The fraction of sp³-hybridized carbons (Fsp3) is 1.00. The Morgan fingerprint density at radius 2 is 2.00 bits per heavy atom. The highest BCUT2D eigenvalue weighted by atomic mass is 15.3. The second kappa shape index (κ2) is 2.75. The van der Waals surface area contributed by atoms with Gasteiger partial charge in [-0.05, 0) is 49.5 Å². The van der Waals surface area contributed by atoms with Gasteiger partial charge in [0.25, 0.3) is 0 Å². The van der Waals surface area contributed by atoms with Gasteiger partial charge in [-0.2, -0.15) is 0 Å². The predicted molar refractivity (Wildman–Crippen MR) is 59.2 cm³/mol. The summed E-state index contributed by atoms with van der Waals surface area (Å²) in [4.78, 5) is 2.85. The van der Waals surface area contributed by atoms with Crippen molar-refractivity contribution in [3.63, 3.8) is 0 Å². The van der Waals surface area contributed by atoms with Gasteiger partial charge in [0, 0.05) is 12.1 Å².